The molecule has 0 aliphatic rings. The normalized spacial score (nSPS) is 11.4. The predicted octanol–water partition coefficient (Wildman–Crippen LogP) is 4.72. The number of nitrogens with one attached hydrogen (secondary N) is 1. The molecule has 7 nitrogen and oxygen atoms in total. The van der Waals surface area contributed by atoms with Crippen LogP contribution in [0.15, 0.2) is 82.0 Å². The van der Waals surface area contributed by atoms with Crippen LogP contribution in [0.2, 0.25) is 0 Å². The van der Waals surface area contributed by atoms with Gasteiger partial charge in [0.15, 0.2) is 4.34 Å². The molecule has 0 saturated heterocycles. The van der Waals surface area contributed by atoms with Gasteiger partial charge < -0.3 is 10.1 Å². The van der Waals surface area contributed by atoms with E-state index < -0.39 is 10.0 Å². The minimum Gasteiger partial charge on any atom is -0.497 e. The van der Waals surface area contributed by atoms with Crippen molar-refractivity contribution in [2.75, 3.05) is 30.3 Å². The fourth-order valence-corrected chi connectivity index (χ4v) is 6.74. The molecule has 0 unspecified atom stereocenters. The van der Waals surface area contributed by atoms with E-state index in [1.54, 1.807) is 71.6 Å². The van der Waals surface area contributed by atoms with E-state index in [9.17, 15) is 13.2 Å². The number of aryl methyl sites for hydroxylation is 1. The summed E-state index contributed by atoms with van der Waals surface area (Å²) in [6, 6.07) is 21.1. The third-order valence-electron chi connectivity index (χ3n) is 5.18. The van der Waals surface area contributed by atoms with Crippen molar-refractivity contribution >= 4 is 54.9 Å². The van der Waals surface area contributed by atoms with Gasteiger partial charge in [0.2, 0.25) is 5.91 Å². The minimum absolute atomic E-state index is 0.123. The third kappa shape index (κ3) is 6.14. The number of sulfonamides is 1. The van der Waals surface area contributed by atoms with Crippen molar-refractivity contribution in [3.63, 3.8) is 0 Å². The predicted molar refractivity (Wildman–Crippen MR) is 142 cm³/mol. The highest BCUT2D eigenvalue weighted by molar-refractivity contribution is 8.01. The van der Waals surface area contributed by atoms with Crippen LogP contribution in [0.5, 0.6) is 5.75 Å². The van der Waals surface area contributed by atoms with Gasteiger partial charge in [0.05, 0.1) is 27.9 Å². The van der Waals surface area contributed by atoms with Crippen molar-refractivity contribution in [2.24, 2.45) is 0 Å². The number of hydrogen-bond acceptors (Lipinski definition) is 7. The molecule has 0 spiro atoms. The molecule has 0 radical (unpaired) electrons. The van der Waals surface area contributed by atoms with E-state index in [0.29, 0.717) is 23.7 Å². The Bertz CT molecular complexity index is 1370. The van der Waals surface area contributed by atoms with Gasteiger partial charge in [0, 0.05) is 12.3 Å². The molecular formula is C25H25N3O4S3. The topological polar surface area (TPSA) is 88.6 Å². The second-order valence-corrected chi connectivity index (χ2v) is 11.9. The van der Waals surface area contributed by atoms with Crippen LogP contribution in [0.4, 0.5) is 5.69 Å². The Balaban J connectivity index is 1.43. The molecule has 35 heavy (non-hydrogen) atoms. The van der Waals surface area contributed by atoms with Crippen LogP contribution in [0, 0.1) is 6.92 Å². The summed E-state index contributed by atoms with van der Waals surface area (Å²) < 4.78 is 35.2. The molecule has 0 aliphatic carbocycles. The summed E-state index contributed by atoms with van der Waals surface area (Å²) in [4.78, 5) is 17.5. The second-order valence-electron chi connectivity index (χ2n) is 7.67. The van der Waals surface area contributed by atoms with Gasteiger partial charge in [0.1, 0.15) is 12.3 Å². The largest absolute Gasteiger partial charge is 0.497 e. The molecule has 1 heterocycles. The number of ether oxygens (including phenoxy) is 1. The minimum atomic E-state index is -3.96. The molecule has 0 atom stereocenters. The molecule has 0 aliphatic heterocycles. The van der Waals surface area contributed by atoms with Gasteiger partial charge in [-0.3, -0.25) is 9.10 Å². The first kappa shape index (κ1) is 25.0. The summed E-state index contributed by atoms with van der Waals surface area (Å²) in [5, 5.41) is 2.83. The summed E-state index contributed by atoms with van der Waals surface area (Å²) in [5.74, 6) is 0.831. The number of hydrogen-bond donors (Lipinski definition) is 1. The van der Waals surface area contributed by atoms with Gasteiger partial charge in [-0.05, 0) is 55.5 Å². The van der Waals surface area contributed by atoms with Crippen LogP contribution >= 0.6 is 23.1 Å². The molecule has 182 valence electrons. The molecule has 3 aromatic carbocycles. The lowest BCUT2D eigenvalue weighted by Gasteiger charge is -2.24. The number of para-hydroxylation sites is 1. The fourth-order valence-electron chi connectivity index (χ4n) is 3.33. The second kappa shape index (κ2) is 11.1. The maximum Gasteiger partial charge on any atom is 0.264 e. The number of rotatable bonds is 10. The number of thioether (sulfide) groups is 1. The van der Waals surface area contributed by atoms with Crippen molar-refractivity contribution in [3.8, 4) is 5.75 Å². The summed E-state index contributed by atoms with van der Waals surface area (Å²) in [5.41, 5.74) is 2.29. The van der Waals surface area contributed by atoms with Crippen LogP contribution in [-0.4, -0.2) is 45.3 Å². The van der Waals surface area contributed by atoms with Crippen LogP contribution < -0.4 is 14.4 Å². The number of carbonyl (C=O) groups is 1. The number of fused-ring (bicyclic) bond motifs is 1. The van der Waals surface area contributed by atoms with Crippen LogP contribution in [0.1, 0.15) is 5.56 Å². The molecule has 4 aromatic rings. The number of anilines is 1. The highest BCUT2D eigenvalue weighted by Crippen LogP contribution is 2.29. The number of methoxy groups -OCH3 is 1. The van der Waals surface area contributed by atoms with Crippen molar-refractivity contribution < 1.29 is 17.9 Å². The molecule has 4 rings (SSSR count). The van der Waals surface area contributed by atoms with Gasteiger partial charge >= 0.3 is 0 Å². The number of carbonyl (C=O) groups excluding carboxylic acids is 1. The first-order valence-electron chi connectivity index (χ1n) is 10.9. The van der Waals surface area contributed by atoms with E-state index in [1.807, 2.05) is 31.2 Å². The number of aromatic nitrogens is 1. The third-order valence-corrected chi connectivity index (χ3v) is 9.15. The molecule has 1 amide bonds. The highest BCUT2D eigenvalue weighted by atomic mass is 32.2. The molecule has 0 bridgehead atoms. The van der Waals surface area contributed by atoms with E-state index >= 15 is 0 Å². The van der Waals surface area contributed by atoms with E-state index in [4.69, 9.17) is 4.74 Å². The molecule has 0 fully saturated rings. The van der Waals surface area contributed by atoms with E-state index in [1.165, 1.54) is 7.11 Å². The van der Waals surface area contributed by atoms with Gasteiger partial charge in [0.25, 0.3) is 10.0 Å². The quantitative estimate of drug-likeness (QED) is 0.237. The Morgan fingerprint density at radius 2 is 1.77 bits per heavy atom. The molecule has 1 N–H and O–H groups in total. The van der Waals surface area contributed by atoms with E-state index in [-0.39, 0.29) is 17.3 Å². The number of benzene rings is 3. The smallest absolute Gasteiger partial charge is 0.264 e. The zero-order valence-electron chi connectivity index (χ0n) is 19.3. The summed E-state index contributed by atoms with van der Waals surface area (Å²) in [6.07, 6.45) is 0. The van der Waals surface area contributed by atoms with Crippen LogP contribution in [0.3, 0.4) is 0 Å². The highest BCUT2D eigenvalue weighted by Gasteiger charge is 2.27. The fraction of sp³-hybridized carbons (Fsp3) is 0.200. The Hall–Kier alpha value is -3.08. The Labute approximate surface area is 213 Å². The molecule has 10 heteroatoms. The molecule has 0 saturated carbocycles. The Morgan fingerprint density at radius 3 is 2.46 bits per heavy atom. The van der Waals surface area contributed by atoms with Crippen molar-refractivity contribution in [3.05, 3.63) is 78.4 Å². The summed E-state index contributed by atoms with van der Waals surface area (Å²) in [6.45, 7) is 1.94. The average Bonchev–Trinajstić information content (AvgIpc) is 3.28. The average molecular weight is 528 g/mol. The van der Waals surface area contributed by atoms with E-state index in [2.05, 4.69) is 10.3 Å². The number of thiazole rings is 1. The lowest BCUT2D eigenvalue weighted by Crippen LogP contribution is -2.41. The number of nitrogens with zero attached hydrogens (tertiary/aromatic N) is 2. The zero-order valence-corrected chi connectivity index (χ0v) is 21.8. The first-order valence-corrected chi connectivity index (χ1v) is 14.1. The van der Waals surface area contributed by atoms with Crippen LogP contribution in [-0.2, 0) is 14.8 Å². The maximum atomic E-state index is 13.4. The zero-order chi connectivity index (χ0) is 24.8. The monoisotopic (exact) mass is 527 g/mol. The SMILES string of the molecule is COc1ccc(N(CC(=O)NCCSc2nc3ccccc3s2)S(=O)(=O)c2ccc(C)cc2)cc1. The Morgan fingerprint density at radius 1 is 1.06 bits per heavy atom. The van der Waals surface area contributed by atoms with Crippen molar-refractivity contribution in [2.45, 2.75) is 16.2 Å². The first-order chi connectivity index (χ1) is 16.9. The lowest BCUT2D eigenvalue weighted by atomic mass is 10.2. The Kier molecular flexibility index (Phi) is 7.94. The van der Waals surface area contributed by atoms with E-state index in [0.717, 1.165) is 24.4 Å². The van der Waals surface area contributed by atoms with Crippen molar-refractivity contribution in [1.29, 1.82) is 0 Å². The van der Waals surface area contributed by atoms with Gasteiger partial charge in [-0.15, -0.1) is 11.3 Å². The number of amides is 1. The van der Waals surface area contributed by atoms with Gasteiger partial charge in [-0.25, -0.2) is 13.4 Å². The summed E-state index contributed by atoms with van der Waals surface area (Å²) in [7, 11) is -2.42. The molecular weight excluding hydrogens is 502 g/mol. The van der Waals surface area contributed by atoms with Gasteiger partial charge in [-0.2, -0.15) is 0 Å². The molecule has 1 aromatic heterocycles. The van der Waals surface area contributed by atoms with Crippen molar-refractivity contribution in [1.82, 2.24) is 10.3 Å². The standard InChI is InChI=1S/C25H25N3O4S3/c1-18-7-13-21(14-8-18)35(30,31)28(19-9-11-20(32-2)12-10-19)17-24(29)26-15-16-33-25-27-22-5-3-4-6-23(22)34-25/h3-14H,15-17H2,1-2H3,(H,26,29). The van der Waals surface area contributed by atoms with Gasteiger partial charge in [-0.1, -0.05) is 41.6 Å². The summed E-state index contributed by atoms with van der Waals surface area (Å²) >= 11 is 3.17. The lowest BCUT2D eigenvalue weighted by molar-refractivity contribution is -0.119. The maximum absolute atomic E-state index is 13.4. The van der Waals surface area contributed by atoms with Crippen LogP contribution in [0.25, 0.3) is 10.2 Å².